The summed E-state index contributed by atoms with van der Waals surface area (Å²) in [5.74, 6) is 1.24. The smallest absolute Gasteiger partial charge is 0.145 e. The highest BCUT2D eigenvalue weighted by atomic mass is 16.5. The van der Waals surface area contributed by atoms with Crippen molar-refractivity contribution in [3.05, 3.63) is 53.6 Å². The molecule has 0 heterocycles. The number of benzene rings is 2. The zero-order chi connectivity index (χ0) is 14.5. The van der Waals surface area contributed by atoms with Crippen LogP contribution in [0.2, 0.25) is 0 Å². The summed E-state index contributed by atoms with van der Waals surface area (Å²) in [6, 6.07) is 15.3. The van der Waals surface area contributed by atoms with Crippen LogP contribution in [0.25, 0.3) is 0 Å². The second-order valence-corrected chi connectivity index (χ2v) is 4.64. The summed E-state index contributed by atoms with van der Waals surface area (Å²) in [5, 5.41) is 9.18. The molecular weight excluding hydrogens is 250 g/mol. The van der Waals surface area contributed by atoms with Crippen LogP contribution in [0.4, 0.5) is 5.69 Å². The summed E-state index contributed by atoms with van der Waals surface area (Å²) in [6.07, 6.45) is 0. The van der Waals surface area contributed by atoms with Gasteiger partial charge < -0.3 is 15.4 Å². The van der Waals surface area contributed by atoms with Crippen molar-refractivity contribution in [2.24, 2.45) is 5.73 Å². The van der Waals surface area contributed by atoms with Gasteiger partial charge in [-0.25, -0.2) is 0 Å². The summed E-state index contributed by atoms with van der Waals surface area (Å²) in [5.41, 5.74) is 8.02. The van der Waals surface area contributed by atoms with Crippen molar-refractivity contribution in [1.82, 2.24) is 0 Å². The molecule has 0 radical (unpaired) electrons. The Morgan fingerprint density at radius 1 is 1.20 bits per heavy atom. The van der Waals surface area contributed by atoms with Gasteiger partial charge in [0.1, 0.15) is 17.6 Å². The molecule has 0 saturated heterocycles. The predicted octanol–water partition coefficient (Wildman–Crippen LogP) is 2.88. The first-order valence-corrected chi connectivity index (χ1v) is 6.32. The fourth-order valence-corrected chi connectivity index (χ4v) is 1.83. The third kappa shape index (κ3) is 3.08. The number of nitrogens with zero attached hydrogens (tertiary/aromatic N) is 2. The van der Waals surface area contributed by atoms with Crippen molar-refractivity contribution in [2.75, 3.05) is 19.0 Å². The van der Waals surface area contributed by atoms with Crippen molar-refractivity contribution < 1.29 is 4.74 Å². The van der Waals surface area contributed by atoms with Gasteiger partial charge in [0, 0.05) is 32.4 Å². The van der Waals surface area contributed by atoms with E-state index in [1.165, 1.54) is 0 Å². The SMILES string of the molecule is CN(C)c1cccc(Oc2ccc(CN)cc2C#N)c1. The number of nitriles is 1. The van der Waals surface area contributed by atoms with Crippen LogP contribution in [0.3, 0.4) is 0 Å². The van der Waals surface area contributed by atoms with Crippen LogP contribution in [0, 0.1) is 11.3 Å². The molecule has 20 heavy (non-hydrogen) atoms. The third-order valence-electron chi connectivity index (χ3n) is 2.96. The topological polar surface area (TPSA) is 62.3 Å². The number of rotatable bonds is 4. The quantitative estimate of drug-likeness (QED) is 0.925. The van der Waals surface area contributed by atoms with Gasteiger partial charge in [0.15, 0.2) is 0 Å². The van der Waals surface area contributed by atoms with Crippen molar-refractivity contribution >= 4 is 5.69 Å². The Kier molecular flexibility index (Phi) is 4.24. The lowest BCUT2D eigenvalue weighted by Crippen LogP contribution is -2.08. The van der Waals surface area contributed by atoms with Gasteiger partial charge in [0.2, 0.25) is 0 Å². The zero-order valence-corrected chi connectivity index (χ0v) is 11.6. The molecule has 0 aliphatic heterocycles. The molecule has 0 fully saturated rings. The van der Waals surface area contributed by atoms with Gasteiger partial charge in [-0.2, -0.15) is 5.26 Å². The minimum absolute atomic E-state index is 0.408. The first-order valence-electron chi connectivity index (χ1n) is 6.32. The fraction of sp³-hybridized carbons (Fsp3) is 0.188. The average molecular weight is 267 g/mol. The number of hydrogen-bond donors (Lipinski definition) is 1. The van der Waals surface area contributed by atoms with Gasteiger partial charge in [0.25, 0.3) is 0 Å². The Hall–Kier alpha value is -2.51. The van der Waals surface area contributed by atoms with Crippen molar-refractivity contribution in [3.8, 4) is 17.6 Å². The Labute approximate surface area is 119 Å². The molecule has 4 heteroatoms. The molecule has 2 aromatic carbocycles. The van der Waals surface area contributed by atoms with Crippen LogP contribution >= 0.6 is 0 Å². The van der Waals surface area contributed by atoms with E-state index in [0.717, 1.165) is 11.3 Å². The lowest BCUT2D eigenvalue weighted by molar-refractivity contribution is 0.481. The van der Waals surface area contributed by atoms with Crippen molar-refractivity contribution in [3.63, 3.8) is 0 Å². The Balaban J connectivity index is 2.30. The first kappa shape index (κ1) is 13.9. The lowest BCUT2D eigenvalue weighted by atomic mass is 10.1. The molecule has 2 N–H and O–H groups in total. The van der Waals surface area contributed by atoms with E-state index in [2.05, 4.69) is 6.07 Å². The third-order valence-corrected chi connectivity index (χ3v) is 2.96. The van der Waals surface area contributed by atoms with Crippen LogP contribution in [0.15, 0.2) is 42.5 Å². The highest BCUT2D eigenvalue weighted by Gasteiger charge is 2.06. The number of hydrogen-bond acceptors (Lipinski definition) is 4. The van der Waals surface area contributed by atoms with Crippen LogP contribution in [-0.4, -0.2) is 14.1 Å². The van der Waals surface area contributed by atoms with E-state index < -0.39 is 0 Å². The number of anilines is 1. The van der Waals surface area contributed by atoms with Crippen molar-refractivity contribution in [2.45, 2.75) is 6.54 Å². The summed E-state index contributed by atoms with van der Waals surface area (Å²) in [4.78, 5) is 2.00. The highest BCUT2D eigenvalue weighted by Crippen LogP contribution is 2.28. The monoisotopic (exact) mass is 267 g/mol. The molecule has 4 nitrogen and oxygen atoms in total. The largest absolute Gasteiger partial charge is 0.456 e. The molecule has 0 aromatic heterocycles. The second kappa shape index (κ2) is 6.09. The molecule has 0 aliphatic carbocycles. The Bertz CT molecular complexity index is 644. The van der Waals surface area contributed by atoms with E-state index in [1.54, 1.807) is 12.1 Å². The van der Waals surface area contributed by atoms with Crippen LogP contribution < -0.4 is 15.4 Å². The summed E-state index contributed by atoms with van der Waals surface area (Å²) < 4.78 is 5.80. The predicted molar refractivity (Wildman–Crippen MR) is 79.9 cm³/mol. The lowest BCUT2D eigenvalue weighted by Gasteiger charge is -2.14. The maximum Gasteiger partial charge on any atom is 0.145 e. The molecule has 2 rings (SSSR count). The minimum atomic E-state index is 0.408. The van der Waals surface area contributed by atoms with Crippen LogP contribution in [0.1, 0.15) is 11.1 Å². The summed E-state index contributed by atoms with van der Waals surface area (Å²) in [6.45, 7) is 0.408. The Morgan fingerprint density at radius 3 is 2.65 bits per heavy atom. The molecule has 0 aliphatic rings. The first-order chi connectivity index (χ1) is 9.63. The number of nitrogens with two attached hydrogens (primary N) is 1. The van der Waals surface area contributed by atoms with Gasteiger partial charge in [-0.05, 0) is 29.8 Å². The molecule has 0 saturated carbocycles. The minimum Gasteiger partial charge on any atom is -0.456 e. The normalized spacial score (nSPS) is 9.90. The zero-order valence-electron chi connectivity index (χ0n) is 11.6. The summed E-state index contributed by atoms with van der Waals surface area (Å²) >= 11 is 0. The van der Waals surface area contributed by atoms with Gasteiger partial charge in [-0.3, -0.25) is 0 Å². The van der Waals surface area contributed by atoms with Crippen LogP contribution in [0.5, 0.6) is 11.5 Å². The maximum absolute atomic E-state index is 9.18. The maximum atomic E-state index is 9.18. The molecule has 0 atom stereocenters. The van der Waals surface area contributed by atoms with Crippen LogP contribution in [-0.2, 0) is 6.54 Å². The van der Waals surface area contributed by atoms with E-state index >= 15 is 0 Å². The van der Waals surface area contributed by atoms with E-state index in [-0.39, 0.29) is 0 Å². The molecule has 2 aromatic rings. The molecule has 0 amide bonds. The van der Waals surface area contributed by atoms with E-state index in [0.29, 0.717) is 23.6 Å². The molecular formula is C16H17N3O. The van der Waals surface area contributed by atoms with E-state index in [9.17, 15) is 5.26 Å². The Morgan fingerprint density at radius 2 is 2.00 bits per heavy atom. The van der Waals surface area contributed by atoms with Gasteiger partial charge in [-0.1, -0.05) is 12.1 Å². The van der Waals surface area contributed by atoms with Gasteiger partial charge in [-0.15, -0.1) is 0 Å². The van der Waals surface area contributed by atoms with Gasteiger partial charge in [0.05, 0.1) is 5.56 Å². The van der Waals surface area contributed by atoms with Gasteiger partial charge >= 0.3 is 0 Å². The standard InChI is InChI=1S/C16H17N3O/c1-19(2)14-4-3-5-15(9-14)20-16-7-6-12(10-17)8-13(16)11-18/h3-9H,10,17H2,1-2H3. The second-order valence-electron chi connectivity index (χ2n) is 4.64. The summed E-state index contributed by atoms with van der Waals surface area (Å²) in [7, 11) is 3.94. The average Bonchev–Trinajstić information content (AvgIpc) is 2.48. The van der Waals surface area contributed by atoms with Crippen molar-refractivity contribution in [1.29, 1.82) is 5.26 Å². The number of ether oxygens (including phenoxy) is 1. The van der Waals surface area contributed by atoms with E-state index in [4.69, 9.17) is 10.5 Å². The van der Waals surface area contributed by atoms with E-state index in [1.807, 2.05) is 49.3 Å². The molecule has 0 unspecified atom stereocenters. The fourth-order valence-electron chi connectivity index (χ4n) is 1.83. The molecule has 0 bridgehead atoms. The molecule has 102 valence electrons. The highest BCUT2D eigenvalue weighted by molar-refractivity contribution is 5.52. The molecule has 0 spiro atoms.